The van der Waals surface area contributed by atoms with Gasteiger partial charge in [0.2, 0.25) is 0 Å². The van der Waals surface area contributed by atoms with E-state index in [4.69, 9.17) is 0 Å². The van der Waals surface area contributed by atoms with Crippen molar-refractivity contribution in [3.63, 3.8) is 0 Å². The largest absolute Gasteiger partial charge is 0.314 e. The predicted molar refractivity (Wildman–Crippen MR) is 82.9 cm³/mol. The first-order valence-electron chi connectivity index (χ1n) is 8.93. The van der Waals surface area contributed by atoms with Crippen LogP contribution < -0.4 is 5.32 Å². The van der Waals surface area contributed by atoms with Crippen molar-refractivity contribution >= 4 is 0 Å². The SMILES string of the molecule is CC1CCC2(CC1)CN(C1CCN(C3CNC3)CC1)C2. The number of hydrogen-bond donors (Lipinski definition) is 1. The highest BCUT2D eigenvalue weighted by Gasteiger charge is 2.47. The van der Waals surface area contributed by atoms with Gasteiger partial charge in [-0.05, 0) is 37.0 Å². The van der Waals surface area contributed by atoms with Crippen LogP contribution in [0.3, 0.4) is 0 Å². The first-order valence-corrected chi connectivity index (χ1v) is 8.93. The van der Waals surface area contributed by atoms with Gasteiger partial charge in [0, 0.05) is 51.4 Å². The molecule has 114 valence electrons. The molecule has 0 radical (unpaired) electrons. The topological polar surface area (TPSA) is 18.5 Å². The predicted octanol–water partition coefficient (Wildman–Crippen LogP) is 1.93. The molecule has 4 fully saturated rings. The van der Waals surface area contributed by atoms with E-state index in [1.807, 2.05) is 0 Å². The Kier molecular flexibility index (Phi) is 3.56. The normalized spacial score (nSPS) is 34.0. The first-order chi connectivity index (χ1) is 9.74. The van der Waals surface area contributed by atoms with Crippen molar-refractivity contribution in [1.82, 2.24) is 15.1 Å². The van der Waals surface area contributed by atoms with Crippen LogP contribution in [-0.2, 0) is 0 Å². The summed E-state index contributed by atoms with van der Waals surface area (Å²) in [5, 5.41) is 3.41. The lowest BCUT2D eigenvalue weighted by Gasteiger charge is -2.57. The maximum absolute atomic E-state index is 3.41. The van der Waals surface area contributed by atoms with Gasteiger partial charge >= 0.3 is 0 Å². The molecule has 0 aromatic rings. The van der Waals surface area contributed by atoms with E-state index in [0.717, 1.165) is 23.4 Å². The van der Waals surface area contributed by atoms with Crippen molar-refractivity contribution in [3.8, 4) is 0 Å². The third-order valence-corrected chi connectivity index (χ3v) is 6.70. The van der Waals surface area contributed by atoms with E-state index in [2.05, 4.69) is 22.0 Å². The molecule has 1 spiro atoms. The molecule has 0 bridgehead atoms. The third-order valence-electron chi connectivity index (χ3n) is 6.70. The smallest absolute Gasteiger partial charge is 0.0345 e. The Morgan fingerprint density at radius 2 is 1.50 bits per heavy atom. The van der Waals surface area contributed by atoms with Crippen LogP contribution >= 0.6 is 0 Å². The van der Waals surface area contributed by atoms with Gasteiger partial charge in [0.15, 0.2) is 0 Å². The van der Waals surface area contributed by atoms with Crippen molar-refractivity contribution in [2.45, 2.75) is 57.5 Å². The molecule has 0 atom stereocenters. The summed E-state index contributed by atoms with van der Waals surface area (Å²) in [4.78, 5) is 5.55. The quantitative estimate of drug-likeness (QED) is 0.832. The molecule has 3 saturated heterocycles. The molecule has 3 aliphatic heterocycles. The summed E-state index contributed by atoms with van der Waals surface area (Å²) in [5.74, 6) is 0.994. The number of hydrogen-bond acceptors (Lipinski definition) is 3. The van der Waals surface area contributed by atoms with Crippen LogP contribution in [-0.4, -0.2) is 61.2 Å². The van der Waals surface area contributed by atoms with Crippen LogP contribution in [0, 0.1) is 11.3 Å². The summed E-state index contributed by atoms with van der Waals surface area (Å²) in [6.07, 6.45) is 8.84. The Labute approximate surface area is 124 Å². The van der Waals surface area contributed by atoms with Gasteiger partial charge in [-0.2, -0.15) is 0 Å². The summed E-state index contributed by atoms with van der Waals surface area (Å²) in [5.41, 5.74) is 0.752. The average molecular weight is 277 g/mol. The van der Waals surface area contributed by atoms with Crippen LogP contribution in [0.4, 0.5) is 0 Å². The number of nitrogens with one attached hydrogen (secondary N) is 1. The molecule has 3 heterocycles. The van der Waals surface area contributed by atoms with Crippen molar-refractivity contribution in [1.29, 1.82) is 0 Å². The number of piperidine rings is 1. The Morgan fingerprint density at radius 3 is 2.05 bits per heavy atom. The molecule has 1 N–H and O–H groups in total. The molecular weight excluding hydrogens is 246 g/mol. The second kappa shape index (κ2) is 5.26. The molecule has 0 aromatic carbocycles. The molecule has 4 aliphatic rings. The van der Waals surface area contributed by atoms with Gasteiger partial charge in [-0.15, -0.1) is 0 Å². The van der Waals surface area contributed by atoms with Crippen LogP contribution in [0.25, 0.3) is 0 Å². The Balaban J connectivity index is 1.23. The number of likely N-dealkylation sites (tertiary alicyclic amines) is 2. The minimum Gasteiger partial charge on any atom is -0.314 e. The van der Waals surface area contributed by atoms with Crippen LogP contribution in [0.2, 0.25) is 0 Å². The zero-order valence-electron chi connectivity index (χ0n) is 13.1. The van der Waals surface area contributed by atoms with Crippen molar-refractivity contribution in [3.05, 3.63) is 0 Å². The Bertz CT molecular complexity index is 328. The number of nitrogens with zero attached hydrogens (tertiary/aromatic N) is 2. The minimum absolute atomic E-state index is 0.752. The maximum atomic E-state index is 3.41. The number of rotatable bonds is 2. The lowest BCUT2D eigenvalue weighted by molar-refractivity contribution is -0.0769. The molecule has 1 saturated carbocycles. The van der Waals surface area contributed by atoms with E-state index in [1.54, 1.807) is 0 Å². The molecule has 1 aliphatic carbocycles. The maximum Gasteiger partial charge on any atom is 0.0345 e. The lowest BCUT2D eigenvalue weighted by atomic mass is 9.65. The van der Waals surface area contributed by atoms with Crippen molar-refractivity contribution in [2.24, 2.45) is 11.3 Å². The average Bonchev–Trinajstić information content (AvgIpc) is 2.37. The highest BCUT2D eigenvalue weighted by atomic mass is 15.3. The molecular formula is C17H31N3. The highest BCUT2D eigenvalue weighted by molar-refractivity contribution is 5.01. The fourth-order valence-electron chi connectivity index (χ4n) is 4.91. The second-order valence-corrected chi connectivity index (χ2v) is 8.17. The van der Waals surface area contributed by atoms with Crippen molar-refractivity contribution in [2.75, 3.05) is 39.3 Å². The molecule has 4 rings (SSSR count). The van der Waals surface area contributed by atoms with Crippen LogP contribution in [0.5, 0.6) is 0 Å². The molecule has 0 amide bonds. The standard InChI is InChI=1S/C17H31N3/c1-14-2-6-17(7-3-14)12-20(13-17)15-4-8-19(9-5-15)16-10-18-11-16/h14-16,18H,2-13H2,1H3. The minimum atomic E-state index is 0.752. The zero-order valence-corrected chi connectivity index (χ0v) is 13.1. The van der Waals surface area contributed by atoms with Gasteiger partial charge in [0.25, 0.3) is 0 Å². The van der Waals surface area contributed by atoms with Gasteiger partial charge in [-0.3, -0.25) is 9.80 Å². The zero-order chi connectivity index (χ0) is 13.6. The third kappa shape index (κ3) is 2.42. The van der Waals surface area contributed by atoms with Gasteiger partial charge in [-0.25, -0.2) is 0 Å². The first kappa shape index (κ1) is 13.5. The fourth-order valence-corrected chi connectivity index (χ4v) is 4.91. The van der Waals surface area contributed by atoms with Crippen LogP contribution in [0.15, 0.2) is 0 Å². The molecule has 0 unspecified atom stereocenters. The van der Waals surface area contributed by atoms with Crippen LogP contribution in [0.1, 0.15) is 45.4 Å². The Hall–Kier alpha value is -0.120. The van der Waals surface area contributed by atoms with E-state index in [0.29, 0.717) is 0 Å². The van der Waals surface area contributed by atoms with Gasteiger partial charge in [0.05, 0.1) is 0 Å². The van der Waals surface area contributed by atoms with E-state index in [9.17, 15) is 0 Å². The van der Waals surface area contributed by atoms with E-state index >= 15 is 0 Å². The second-order valence-electron chi connectivity index (χ2n) is 8.17. The summed E-state index contributed by atoms with van der Waals surface area (Å²) < 4.78 is 0. The molecule has 3 heteroatoms. The molecule has 3 nitrogen and oxygen atoms in total. The lowest BCUT2D eigenvalue weighted by Crippen LogP contribution is -2.64. The summed E-state index contributed by atoms with van der Waals surface area (Å²) in [6, 6.07) is 1.77. The monoisotopic (exact) mass is 277 g/mol. The van der Waals surface area contributed by atoms with E-state index in [-0.39, 0.29) is 0 Å². The van der Waals surface area contributed by atoms with Gasteiger partial charge in [0.1, 0.15) is 0 Å². The van der Waals surface area contributed by atoms with Crippen molar-refractivity contribution < 1.29 is 0 Å². The van der Waals surface area contributed by atoms with Gasteiger partial charge in [-0.1, -0.05) is 19.8 Å². The highest BCUT2D eigenvalue weighted by Crippen LogP contribution is 2.46. The van der Waals surface area contributed by atoms with Gasteiger partial charge < -0.3 is 5.32 Å². The molecule has 0 aromatic heterocycles. The summed E-state index contributed by atoms with van der Waals surface area (Å²) in [7, 11) is 0. The summed E-state index contributed by atoms with van der Waals surface area (Å²) >= 11 is 0. The Morgan fingerprint density at radius 1 is 0.850 bits per heavy atom. The summed E-state index contributed by atoms with van der Waals surface area (Å²) in [6.45, 7) is 10.4. The van der Waals surface area contributed by atoms with E-state index < -0.39 is 0 Å². The van der Waals surface area contributed by atoms with E-state index in [1.165, 1.54) is 77.8 Å². The fraction of sp³-hybridized carbons (Fsp3) is 1.00. The molecule has 20 heavy (non-hydrogen) atoms.